The Hall–Kier alpha value is -2.87. The van der Waals surface area contributed by atoms with Crippen LogP contribution in [0.4, 0.5) is 13.2 Å². The first-order valence-corrected chi connectivity index (χ1v) is 9.74. The molecular formula is C21H17F3N2O2S. The first-order valence-electron chi connectivity index (χ1n) is 8.86. The van der Waals surface area contributed by atoms with Gasteiger partial charge in [0, 0.05) is 35.0 Å². The number of ether oxygens (including phenoxy) is 1. The van der Waals surface area contributed by atoms with Gasteiger partial charge in [-0.15, -0.1) is 11.3 Å². The van der Waals surface area contributed by atoms with E-state index in [1.54, 1.807) is 42.8 Å². The molecule has 2 atom stereocenters. The highest BCUT2D eigenvalue weighted by Gasteiger charge is 2.47. The third-order valence-corrected chi connectivity index (χ3v) is 6.08. The van der Waals surface area contributed by atoms with E-state index in [2.05, 4.69) is 4.98 Å². The summed E-state index contributed by atoms with van der Waals surface area (Å²) < 4.78 is 46.1. The Balaban J connectivity index is 1.94. The predicted molar refractivity (Wildman–Crippen MR) is 103 cm³/mol. The van der Waals surface area contributed by atoms with Gasteiger partial charge >= 0.3 is 6.18 Å². The number of benzene rings is 2. The fourth-order valence-electron chi connectivity index (χ4n) is 3.81. The average molecular weight is 418 g/mol. The Morgan fingerprint density at radius 3 is 2.55 bits per heavy atom. The van der Waals surface area contributed by atoms with Gasteiger partial charge in [0.1, 0.15) is 11.5 Å². The maximum absolute atomic E-state index is 13.4. The maximum Gasteiger partial charge on any atom is 0.416 e. The van der Waals surface area contributed by atoms with Gasteiger partial charge in [-0.1, -0.05) is 18.2 Å². The summed E-state index contributed by atoms with van der Waals surface area (Å²) in [6, 6.07) is 10.4. The number of rotatable bonds is 4. The van der Waals surface area contributed by atoms with Crippen molar-refractivity contribution in [2.24, 2.45) is 11.1 Å². The van der Waals surface area contributed by atoms with Gasteiger partial charge < -0.3 is 10.5 Å². The highest BCUT2D eigenvalue weighted by molar-refractivity contribution is 7.09. The van der Waals surface area contributed by atoms with Gasteiger partial charge in [0.2, 0.25) is 5.91 Å². The Bertz CT molecular complexity index is 1070. The van der Waals surface area contributed by atoms with Crippen LogP contribution in [0.25, 0.3) is 0 Å². The van der Waals surface area contributed by atoms with E-state index >= 15 is 0 Å². The lowest BCUT2D eigenvalue weighted by molar-refractivity contribution is -0.137. The van der Waals surface area contributed by atoms with Crippen molar-refractivity contribution in [1.82, 2.24) is 4.98 Å². The summed E-state index contributed by atoms with van der Waals surface area (Å²) in [5.41, 5.74) is 4.73. The topological polar surface area (TPSA) is 65.2 Å². The molecule has 1 aromatic heterocycles. The number of alkyl halides is 3. The smallest absolute Gasteiger partial charge is 0.416 e. The standard InChI is InChI=1S/C21H17F3N2O2S/c1-20(19(25)27,11-17-26-8-9-29-17)18-13-4-2-3-5-15(13)28-16-7-6-12(10-14(16)18)21(22,23)24/h2-10,18H,11H2,1H3,(H2,25,27). The van der Waals surface area contributed by atoms with Crippen LogP contribution in [0.15, 0.2) is 54.0 Å². The molecule has 1 amide bonds. The second kappa shape index (κ2) is 6.88. The number of aromatic nitrogens is 1. The summed E-state index contributed by atoms with van der Waals surface area (Å²) in [7, 11) is 0. The van der Waals surface area contributed by atoms with E-state index in [0.717, 1.165) is 12.1 Å². The number of para-hydroxylation sites is 1. The van der Waals surface area contributed by atoms with Crippen LogP contribution in [0.2, 0.25) is 0 Å². The number of carbonyl (C=O) groups is 1. The molecule has 2 unspecified atom stereocenters. The van der Waals surface area contributed by atoms with E-state index in [1.165, 1.54) is 17.4 Å². The molecule has 150 valence electrons. The molecule has 2 N–H and O–H groups in total. The molecule has 2 aromatic carbocycles. The number of halogens is 3. The third-order valence-electron chi connectivity index (χ3n) is 5.30. The molecule has 1 aliphatic rings. The summed E-state index contributed by atoms with van der Waals surface area (Å²) in [6.07, 6.45) is -2.70. The second-order valence-electron chi connectivity index (χ2n) is 7.21. The van der Waals surface area contributed by atoms with Crippen molar-refractivity contribution >= 4 is 17.2 Å². The first-order chi connectivity index (χ1) is 13.7. The minimum absolute atomic E-state index is 0.203. The van der Waals surface area contributed by atoms with Gasteiger partial charge in [-0.2, -0.15) is 13.2 Å². The second-order valence-corrected chi connectivity index (χ2v) is 8.19. The van der Waals surface area contributed by atoms with Gasteiger partial charge in [0.25, 0.3) is 0 Å². The van der Waals surface area contributed by atoms with Crippen molar-refractivity contribution in [3.63, 3.8) is 0 Å². The minimum Gasteiger partial charge on any atom is -0.457 e. The molecule has 3 aromatic rings. The van der Waals surface area contributed by atoms with Crippen LogP contribution < -0.4 is 10.5 Å². The number of nitrogens with two attached hydrogens (primary N) is 1. The summed E-state index contributed by atoms with van der Waals surface area (Å²) >= 11 is 1.37. The van der Waals surface area contributed by atoms with Crippen molar-refractivity contribution in [1.29, 1.82) is 0 Å². The van der Waals surface area contributed by atoms with Gasteiger partial charge in [-0.3, -0.25) is 4.79 Å². The summed E-state index contributed by atoms with van der Waals surface area (Å²) in [5.74, 6) is -0.548. The molecule has 1 aliphatic heterocycles. The van der Waals surface area contributed by atoms with Gasteiger partial charge in [0.05, 0.1) is 16.0 Å². The number of amides is 1. The van der Waals surface area contributed by atoms with Gasteiger partial charge in [-0.25, -0.2) is 4.98 Å². The Kier molecular flexibility index (Phi) is 4.61. The van der Waals surface area contributed by atoms with E-state index in [1.807, 2.05) is 0 Å². The zero-order valence-corrected chi connectivity index (χ0v) is 16.2. The van der Waals surface area contributed by atoms with Crippen molar-refractivity contribution < 1.29 is 22.7 Å². The third kappa shape index (κ3) is 3.37. The van der Waals surface area contributed by atoms with Gasteiger partial charge in [-0.05, 0) is 31.2 Å². The first kappa shape index (κ1) is 19.4. The maximum atomic E-state index is 13.4. The molecule has 0 bridgehead atoms. The van der Waals surface area contributed by atoms with Crippen LogP contribution in [-0.4, -0.2) is 10.9 Å². The average Bonchev–Trinajstić information content (AvgIpc) is 3.17. The largest absolute Gasteiger partial charge is 0.457 e. The summed E-state index contributed by atoms with van der Waals surface area (Å²) in [5, 5.41) is 2.47. The molecule has 0 spiro atoms. The van der Waals surface area contributed by atoms with E-state index in [0.29, 0.717) is 16.3 Å². The monoisotopic (exact) mass is 418 g/mol. The number of carbonyl (C=O) groups excluding carboxylic acids is 1. The normalized spacial score (nSPS) is 17.6. The highest BCUT2D eigenvalue weighted by Crippen LogP contribution is 2.53. The van der Waals surface area contributed by atoms with E-state index in [4.69, 9.17) is 10.5 Å². The molecule has 29 heavy (non-hydrogen) atoms. The molecule has 4 rings (SSSR count). The predicted octanol–water partition coefficient (Wildman–Crippen LogP) is 5.13. The van der Waals surface area contributed by atoms with Crippen LogP contribution in [0.1, 0.15) is 34.5 Å². The number of primary amides is 1. The number of nitrogens with zero attached hydrogens (tertiary/aromatic N) is 1. The molecule has 0 fully saturated rings. The fraction of sp³-hybridized carbons (Fsp3) is 0.238. The fourth-order valence-corrected chi connectivity index (χ4v) is 4.60. The van der Waals surface area contributed by atoms with Crippen molar-refractivity contribution in [3.05, 3.63) is 75.7 Å². The van der Waals surface area contributed by atoms with Crippen molar-refractivity contribution in [2.45, 2.75) is 25.4 Å². The number of fused-ring (bicyclic) bond motifs is 2. The van der Waals surface area contributed by atoms with Crippen LogP contribution in [-0.2, 0) is 17.4 Å². The lowest BCUT2D eigenvalue weighted by atomic mass is 9.66. The molecule has 8 heteroatoms. The summed E-state index contributed by atoms with van der Waals surface area (Å²) in [6.45, 7) is 1.67. The highest BCUT2D eigenvalue weighted by atomic mass is 32.1. The van der Waals surface area contributed by atoms with Crippen molar-refractivity contribution in [3.8, 4) is 11.5 Å². The van der Waals surface area contributed by atoms with Crippen LogP contribution in [0.3, 0.4) is 0 Å². The Labute approximate surface area is 169 Å². The molecule has 0 aliphatic carbocycles. The molecule has 0 radical (unpaired) electrons. The number of hydrogen-bond donors (Lipinski definition) is 1. The molecular weight excluding hydrogens is 401 g/mol. The Morgan fingerprint density at radius 2 is 1.90 bits per heavy atom. The molecule has 0 saturated carbocycles. The minimum atomic E-state index is -4.52. The van der Waals surface area contributed by atoms with Gasteiger partial charge in [0.15, 0.2) is 0 Å². The van der Waals surface area contributed by atoms with Crippen LogP contribution >= 0.6 is 11.3 Å². The molecule has 0 saturated heterocycles. The number of thiazole rings is 1. The van der Waals surface area contributed by atoms with E-state index < -0.39 is 29.0 Å². The lowest BCUT2D eigenvalue weighted by Gasteiger charge is -2.39. The number of hydrogen-bond acceptors (Lipinski definition) is 4. The van der Waals surface area contributed by atoms with Crippen LogP contribution in [0.5, 0.6) is 11.5 Å². The SMILES string of the molecule is CC(Cc1nccs1)(C(N)=O)C1c2ccccc2Oc2ccc(C(F)(F)F)cc21. The van der Waals surface area contributed by atoms with Crippen LogP contribution in [0, 0.1) is 5.41 Å². The van der Waals surface area contributed by atoms with E-state index in [-0.39, 0.29) is 17.7 Å². The zero-order chi connectivity index (χ0) is 20.8. The molecule has 4 nitrogen and oxygen atoms in total. The quantitative estimate of drug-likeness (QED) is 0.639. The van der Waals surface area contributed by atoms with E-state index in [9.17, 15) is 18.0 Å². The molecule has 2 heterocycles. The Morgan fingerprint density at radius 1 is 1.17 bits per heavy atom. The van der Waals surface area contributed by atoms with Crippen molar-refractivity contribution in [2.75, 3.05) is 0 Å². The summed E-state index contributed by atoms with van der Waals surface area (Å²) in [4.78, 5) is 16.9. The zero-order valence-electron chi connectivity index (χ0n) is 15.4. The lowest BCUT2D eigenvalue weighted by Crippen LogP contribution is -2.43.